The second-order valence-electron chi connectivity index (χ2n) is 13.4. The van der Waals surface area contributed by atoms with Gasteiger partial charge in [0, 0.05) is 0 Å². The number of rotatable bonds is 9. The maximum absolute atomic E-state index is 2.24. The van der Waals surface area contributed by atoms with Crippen LogP contribution in [0.25, 0.3) is 0 Å². The van der Waals surface area contributed by atoms with Gasteiger partial charge in [-0.15, -0.1) is 0 Å². The van der Waals surface area contributed by atoms with Crippen molar-refractivity contribution in [2.24, 2.45) is 0 Å². The molecule has 0 unspecified atom stereocenters. The Morgan fingerprint density at radius 3 is 0.310 bits per heavy atom. The van der Waals surface area contributed by atoms with Crippen molar-refractivity contribution in [3.8, 4) is 0 Å². The Morgan fingerprint density at radius 1 is 0.138 bits per heavy atom. The summed E-state index contributed by atoms with van der Waals surface area (Å²) in [5, 5.41) is 12.9. The molecule has 0 saturated heterocycles. The van der Waals surface area contributed by atoms with Gasteiger partial charge in [0.05, 0.1) is 23.8 Å². The normalized spacial score (nSPS) is 10.4. The molecule has 4 heteroatoms. The molecule has 0 N–H and O–H groups in total. The van der Waals surface area contributed by atoms with Crippen molar-refractivity contribution in [2.45, 2.75) is 0 Å². The molecule has 1 radical (unpaired) electrons. The molecule has 288 valence electrons. The van der Waals surface area contributed by atoms with Crippen molar-refractivity contribution in [1.82, 2.24) is 0 Å². The molecule has 0 saturated carbocycles. The van der Waals surface area contributed by atoms with E-state index >= 15 is 0 Å². The third-order valence-corrected chi connectivity index (χ3v) is 17.8. The predicted molar refractivity (Wildman–Crippen MR) is 264 cm³/mol. The van der Waals surface area contributed by atoms with Crippen LogP contribution in [0.1, 0.15) is 0 Å². The zero-order valence-corrected chi connectivity index (χ0v) is 36.7. The van der Waals surface area contributed by atoms with Crippen LogP contribution in [-0.2, 0) is 16.8 Å². The summed E-state index contributed by atoms with van der Waals surface area (Å²) in [6.45, 7) is 0. The zero-order chi connectivity index (χ0) is 38.7. The Balaban J connectivity index is 0.000000145. The van der Waals surface area contributed by atoms with Gasteiger partial charge in [0.1, 0.15) is 47.7 Å². The fourth-order valence-corrected chi connectivity index (χ4v) is 14.7. The van der Waals surface area contributed by atoms with E-state index in [-0.39, 0.29) is 16.8 Å². The summed E-state index contributed by atoms with van der Waals surface area (Å²) < 4.78 is 0. The average molecular weight is 852 g/mol. The van der Waals surface area contributed by atoms with E-state index < -0.39 is 23.8 Å². The fourth-order valence-electron chi connectivity index (χ4n) is 6.94. The first-order valence-electron chi connectivity index (χ1n) is 19.4. The molecule has 0 spiro atoms. The van der Waals surface area contributed by atoms with E-state index in [0.717, 1.165) is 0 Å². The van der Waals surface area contributed by atoms with E-state index in [1.807, 2.05) is 0 Å². The summed E-state index contributed by atoms with van der Waals surface area (Å²) >= 11 is 0. The molecule has 9 rings (SSSR count). The molecule has 58 heavy (non-hydrogen) atoms. The Labute approximate surface area is 359 Å². The summed E-state index contributed by atoms with van der Waals surface area (Å²) in [4.78, 5) is 0. The quantitative estimate of drug-likeness (QED) is 0.128. The number of benzene rings is 9. The molecule has 0 bridgehead atoms. The minimum absolute atomic E-state index is 0. The summed E-state index contributed by atoms with van der Waals surface area (Å²) in [7, 11) is -2.63. The fraction of sp³-hybridized carbons (Fsp3) is 0. The smallest absolute Gasteiger partial charge is 0.0620 e. The first-order valence-corrected chi connectivity index (χ1v) is 23.9. The molecule has 9 aromatic rings. The maximum Gasteiger partial charge on any atom is 0.102 e. The van der Waals surface area contributed by atoms with E-state index in [1.165, 1.54) is 47.7 Å². The molecule has 0 heterocycles. The molecular formula is C54H51CoP3+3. The molecule has 0 aliphatic carbocycles. The van der Waals surface area contributed by atoms with E-state index in [4.69, 9.17) is 0 Å². The molecule has 0 aliphatic heterocycles. The molecule has 9 aromatic carbocycles. The Kier molecular flexibility index (Phi) is 17.0. The average Bonchev–Trinajstić information content (AvgIpc) is 3.30. The van der Waals surface area contributed by atoms with Crippen molar-refractivity contribution >= 4 is 71.5 Å². The zero-order valence-electron chi connectivity index (χ0n) is 32.4. The van der Waals surface area contributed by atoms with Crippen LogP contribution >= 0.6 is 23.8 Å². The molecule has 0 atom stereocenters. The van der Waals surface area contributed by atoms with Crippen LogP contribution in [-0.4, -0.2) is 0 Å². The first kappa shape index (κ1) is 42.4. The van der Waals surface area contributed by atoms with Crippen LogP contribution in [0.4, 0.5) is 0 Å². The van der Waals surface area contributed by atoms with Crippen LogP contribution < -0.4 is 47.7 Å². The van der Waals surface area contributed by atoms with Gasteiger partial charge in [-0.1, -0.05) is 164 Å². The van der Waals surface area contributed by atoms with E-state index in [0.29, 0.717) is 0 Å². The summed E-state index contributed by atoms with van der Waals surface area (Å²) in [5.41, 5.74) is 0. The van der Waals surface area contributed by atoms with Crippen molar-refractivity contribution < 1.29 is 16.8 Å². The minimum Gasteiger partial charge on any atom is -0.0620 e. The largest absolute Gasteiger partial charge is 0.102 e. The molecule has 0 amide bonds. The van der Waals surface area contributed by atoms with Crippen molar-refractivity contribution in [2.75, 3.05) is 0 Å². The molecule has 0 fully saturated rings. The van der Waals surface area contributed by atoms with Gasteiger partial charge in [-0.3, -0.25) is 0 Å². The van der Waals surface area contributed by atoms with Crippen LogP contribution in [0.15, 0.2) is 273 Å². The van der Waals surface area contributed by atoms with Gasteiger partial charge < -0.3 is 0 Å². The second-order valence-corrected chi connectivity index (χ2v) is 20.9. The van der Waals surface area contributed by atoms with Crippen molar-refractivity contribution in [3.63, 3.8) is 0 Å². The molecule has 0 aromatic heterocycles. The summed E-state index contributed by atoms with van der Waals surface area (Å²) in [6.07, 6.45) is 0. The van der Waals surface area contributed by atoms with Gasteiger partial charge in [0.25, 0.3) is 0 Å². The third-order valence-electron chi connectivity index (χ3n) is 9.56. The number of hydrogen-bond acceptors (Lipinski definition) is 0. The Morgan fingerprint density at radius 2 is 0.224 bits per heavy atom. The molecule has 0 aliphatic rings. The van der Waals surface area contributed by atoms with Crippen molar-refractivity contribution in [3.05, 3.63) is 273 Å². The Bertz CT molecular complexity index is 1860. The van der Waals surface area contributed by atoms with Gasteiger partial charge >= 0.3 is 16.8 Å². The minimum atomic E-state index is -0.877. The number of hydrogen-bond donors (Lipinski definition) is 0. The van der Waals surface area contributed by atoms with Gasteiger partial charge in [-0.2, -0.15) is 0 Å². The van der Waals surface area contributed by atoms with Gasteiger partial charge in [0.15, 0.2) is 0 Å². The topological polar surface area (TPSA) is 0 Å². The van der Waals surface area contributed by atoms with Gasteiger partial charge in [-0.05, 0) is 109 Å². The standard InChI is InChI=1S/3C18H15P.Co.3H/c3*1-4-10-16(11-5-1)19(17-12-6-2-7-13-17)18-14-8-3-9-15-18;;;;/h3*1-15H;;;;/p+3. The summed E-state index contributed by atoms with van der Waals surface area (Å²) in [6, 6.07) is 97.5. The predicted octanol–water partition coefficient (Wildman–Crippen LogP) is 8.73. The van der Waals surface area contributed by atoms with Gasteiger partial charge in [0.2, 0.25) is 0 Å². The third kappa shape index (κ3) is 11.9. The maximum atomic E-state index is 2.24. The van der Waals surface area contributed by atoms with E-state index in [2.05, 4.69) is 273 Å². The van der Waals surface area contributed by atoms with Crippen LogP contribution in [0.5, 0.6) is 0 Å². The van der Waals surface area contributed by atoms with E-state index in [9.17, 15) is 0 Å². The summed E-state index contributed by atoms with van der Waals surface area (Å²) in [5.74, 6) is 0. The second kappa shape index (κ2) is 23.2. The molecule has 0 nitrogen and oxygen atoms in total. The Hall–Kier alpha value is -5.22. The first-order chi connectivity index (χ1) is 28.3. The SMILES string of the molecule is [CoH3].c1ccc([PH+](c2ccccc2)c2ccccc2)cc1.c1ccc([PH+](c2ccccc2)c2ccccc2)cc1.c1ccc([PH+](c2ccccc2)c2ccccc2)cc1. The van der Waals surface area contributed by atoms with Crippen LogP contribution in [0, 0.1) is 0 Å². The van der Waals surface area contributed by atoms with E-state index in [1.54, 1.807) is 0 Å². The van der Waals surface area contributed by atoms with Crippen LogP contribution in [0.3, 0.4) is 0 Å². The molecular weight excluding hydrogens is 800 g/mol. The van der Waals surface area contributed by atoms with Gasteiger partial charge in [-0.25, -0.2) is 0 Å². The van der Waals surface area contributed by atoms with Crippen LogP contribution in [0.2, 0.25) is 0 Å². The van der Waals surface area contributed by atoms with Crippen molar-refractivity contribution in [1.29, 1.82) is 0 Å². The monoisotopic (exact) mass is 851 g/mol.